The van der Waals surface area contributed by atoms with Crippen molar-refractivity contribution in [2.45, 2.75) is 13.5 Å². The summed E-state index contributed by atoms with van der Waals surface area (Å²) in [5.74, 6) is 1.13. The minimum Gasteiger partial charge on any atom is -0.424 e. The van der Waals surface area contributed by atoms with Crippen LogP contribution in [0.3, 0.4) is 0 Å². The van der Waals surface area contributed by atoms with Gasteiger partial charge >= 0.3 is 0 Å². The highest BCUT2D eigenvalue weighted by Crippen LogP contribution is 2.09. The number of aromatic nitrogens is 2. The number of piperazine rings is 1. The van der Waals surface area contributed by atoms with Gasteiger partial charge < -0.3 is 4.42 Å². The van der Waals surface area contributed by atoms with Crippen LogP contribution in [0.15, 0.2) is 4.42 Å². The second kappa shape index (κ2) is 4.71. The molecule has 0 radical (unpaired) electrons. The molecule has 0 saturated carbocycles. The highest BCUT2D eigenvalue weighted by molar-refractivity contribution is 7.88. The second-order valence-corrected chi connectivity index (χ2v) is 6.14. The topological polar surface area (TPSA) is 79.5 Å². The minimum absolute atomic E-state index is 0.520. The van der Waals surface area contributed by atoms with Gasteiger partial charge in [0.15, 0.2) is 0 Å². The average molecular weight is 260 g/mol. The molecule has 0 aliphatic carbocycles. The monoisotopic (exact) mass is 260 g/mol. The van der Waals surface area contributed by atoms with E-state index in [-0.39, 0.29) is 0 Å². The number of rotatable bonds is 3. The Bertz CT molecular complexity index is 476. The Morgan fingerprint density at radius 3 is 2.35 bits per heavy atom. The Labute approximate surface area is 100 Å². The van der Waals surface area contributed by atoms with Crippen molar-refractivity contribution >= 4 is 10.0 Å². The molecule has 8 heteroatoms. The second-order valence-electron chi connectivity index (χ2n) is 4.15. The van der Waals surface area contributed by atoms with E-state index in [0.717, 1.165) is 0 Å². The standard InChI is InChI=1S/C9H16N4O3S/c1-8-10-11-9(16-8)7-12-3-5-13(6-4-12)17(2,14)15/h3-7H2,1-2H3. The molecule has 17 heavy (non-hydrogen) atoms. The van der Waals surface area contributed by atoms with Crippen LogP contribution in [0, 0.1) is 6.92 Å². The van der Waals surface area contributed by atoms with Crippen molar-refractivity contribution in [3.05, 3.63) is 11.8 Å². The third kappa shape index (κ3) is 3.24. The van der Waals surface area contributed by atoms with Gasteiger partial charge in [-0.2, -0.15) is 4.31 Å². The summed E-state index contributed by atoms with van der Waals surface area (Å²) in [4.78, 5) is 2.11. The molecule has 0 unspecified atom stereocenters. The molecular formula is C9H16N4O3S. The van der Waals surface area contributed by atoms with Gasteiger partial charge in [0, 0.05) is 33.1 Å². The summed E-state index contributed by atoms with van der Waals surface area (Å²) >= 11 is 0. The van der Waals surface area contributed by atoms with Crippen molar-refractivity contribution in [1.29, 1.82) is 0 Å². The van der Waals surface area contributed by atoms with Crippen LogP contribution in [-0.2, 0) is 16.6 Å². The van der Waals surface area contributed by atoms with Crippen LogP contribution >= 0.6 is 0 Å². The third-order valence-corrected chi connectivity index (χ3v) is 4.03. The summed E-state index contributed by atoms with van der Waals surface area (Å²) in [6, 6.07) is 0. The van der Waals surface area contributed by atoms with Crippen LogP contribution in [0.1, 0.15) is 11.8 Å². The first-order valence-electron chi connectivity index (χ1n) is 5.41. The Morgan fingerprint density at radius 1 is 1.24 bits per heavy atom. The molecule has 1 saturated heterocycles. The van der Waals surface area contributed by atoms with Gasteiger partial charge in [-0.3, -0.25) is 4.90 Å². The maximum absolute atomic E-state index is 11.3. The van der Waals surface area contributed by atoms with Crippen molar-refractivity contribution in [2.75, 3.05) is 32.4 Å². The van der Waals surface area contributed by atoms with Gasteiger partial charge in [-0.05, 0) is 0 Å². The van der Waals surface area contributed by atoms with E-state index >= 15 is 0 Å². The van der Waals surface area contributed by atoms with E-state index in [2.05, 4.69) is 15.1 Å². The molecule has 2 heterocycles. The fourth-order valence-electron chi connectivity index (χ4n) is 1.81. The highest BCUT2D eigenvalue weighted by atomic mass is 32.2. The zero-order valence-electron chi connectivity index (χ0n) is 9.96. The van der Waals surface area contributed by atoms with E-state index in [9.17, 15) is 8.42 Å². The molecule has 1 aliphatic rings. The summed E-state index contributed by atoms with van der Waals surface area (Å²) in [7, 11) is -3.06. The molecule has 1 aromatic rings. The number of sulfonamides is 1. The van der Waals surface area contributed by atoms with E-state index in [1.54, 1.807) is 6.92 Å². The molecule has 0 N–H and O–H groups in total. The Kier molecular flexibility index (Phi) is 3.45. The van der Waals surface area contributed by atoms with Crippen molar-refractivity contribution in [3.8, 4) is 0 Å². The largest absolute Gasteiger partial charge is 0.424 e. The lowest BCUT2D eigenvalue weighted by Gasteiger charge is -2.32. The first-order chi connectivity index (χ1) is 7.95. The van der Waals surface area contributed by atoms with Crippen molar-refractivity contribution < 1.29 is 12.8 Å². The van der Waals surface area contributed by atoms with Gasteiger partial charge in [-0.15, -0.1) is 10.2 Å². The maximum Gasteiger partial charge on any atom is 0.230 e. The highest BCUT2D eigenvalue weighted by Gasteiger charge is 2.24. The third-order valence-electron chi connectivity index (χ3n) is 2.73. The lowest BCUT2D eigenvalue weighted by Crippen LogP contribution is -2.47. The van der Waals surface area contributed by atoms with E-state index in [1.807, 2.05) is 0 Å². The SMILES string of the molecule is Cc1nnc(CN2CCN(S(C)(=O)=O)CC2)o1. The zero-order chi connectivity index (χ0) is 12.5. The number of hydrogen-bond acceptors (Lipinski definition) is 6. The van der Waals surface area contributed by atoms with Crippen molar-refractivity contribution in [2.24, 2.45) is 0 Å². The molecule has 0 atom stereocenters. The van der Waals surface area contributed by atoms with Crippen LogP contribution in [0.5, 0.6) is 0 Å². The fraction of sp³-hybridized carbons (Fsp3) is 0.778. The van der Waals surface area contributed by atoms with Gasteiger partial charge in [0.25, 0.3) is 0 Å². The molecule has 0 bridgehead atoms. The molecular weight excluding hydrogens is 244 g/mol. The van der Waals surface area contributed by atoms with Crippen LogP contribution in [0.2, 0.25) is 0 Å². The molecule has 0 spiro atoms. The summed E-state index contributed by atoms with van der Waals surface area (Å²) in [6.07, 6.45) is 1.24. The summed E-state index contributed by atoms with van der Waals surface area (Å²) in [5.41, 5.74) is 0. The van der Waals surface area contributed by atoms with E-state index in [0.29, 0.717) is 44.5 Å². The lowest BCUT2D eigenvalue weighted by atomic mass is 10.3. The van der Waals surface area contributed by atoms with Gasteiger partial charge in [0.2, 0.25) is 21.8 Å². The number of hydrogen-bond donors (Lipinski definition) is 0. The molecule has 0 aromatic carbocycles. The predicted molar refractivity (Wildman–Crippen MR) is 60.7 cm³/mol. The Hall–Kier alpha value is -0.990. The van der Waals surface area contributed by atoms with Gasteiger partial charge in [-0.1, -0.05) is 0 Å². The average Bonchev–Trinajstić information content (AvgIpc) is 2.63. The summed E-state index contributed by atoms with van der Waals surface area (Å²) in [5, 5.41) is 7.67. The molecule has 1 fully saturated rings. The summed E-state index contributed by atoms with van der Waals surface area (Å²) < 4.78 is 29.4. The Balaban J connectivity index is 1.87. The first kappa shape index (κ1) is 12.5. The molecule has 0 amide bonds. The van der Waals surface area contributed by atoms with Crippen LogP contribution < -0.4 is 0 Å². The minimum atomic E-state index is -3.06. The molecule has 2 rings (SSSR count). The molecule has 7 nitrogen and oxygen atoms in total. The van der Waals surface area contributed by atoms with Crippen LogP contribution in [-0.4, -0.2) is 60.3 Å². The zero-order valence-corrected chi connectivity index (χ0v) is 10.8. The molecule has 96 valence electrons. The fourth-order valence-corrected chi connectivity index (χ4v) is 2.64. The normalized spacial score (nSPS) is 19.6. The van der Waals surface area contributed by atoms with E-state index < -0.39 is 10.0 Å². The quantitative estimate of drug-likeness (QED) is 0.726. The van der Waals surface area contributed by atoms with Gasteiger partial charge in [-0.25, -0.2) is 8.42 Å². The van der Waals surface area contributed by atoms with Crippen LogP contribution in [0.4, 0.5) is 0 Å². The first-order valence-corrected chi connectivity index (χ1v) is 7.26. The maximum atomic E-state index is 11.3. The van der Waals surface area contributed by atoms with Gasteiger partial charge in [0.1, 0.15) is 0 Å². The van der Waals surface area contributed by atoms with Crippen LogP contribution in [0.25, 0.3) is 0 Å². The van der Waals surface area contributed by atoms with E-state index in [1.165, 1.54) is 10.6 Å². The summed E-state index contributed by atoms with van der Waals surface area (Å²) in [6.45, 7) is 4.75. The lowest BCUT2D eigenvalue weighted by molar-refractivity contribution is 0.168. The van der Waals surface area contributed by atoms with Crippen molar-refractivity contribution in [3.63, 3.8) is 0 Å². The number of nitrogens with zero attached hydrogens (tertiary/aromatic N) is 4. The smallest absolute Gasteiger partial charge is 0.230 e. The Morgan fingerprint density at radius 2 is 1.88 bits per heavy atom. The molecule has 1 aromatic heterocycles. The van der Waals surface area contributed by atoms with Crippen molar-refractivity contribution in [1.82, 2.24) is 19.4 Å². The van der Waals surface area contributed by atoms with Gasteiger partial charge in [0.05, 0.1) is 12.8 Å². The number of aryl methyl sites for hydroxylation is 1. The molecule has 1 aliphatic heterocycles. The van der Waals surface area contributed by atoms with E-state index in [4.69, 9.17) is 4.42 Å². The predicted octanol–water partition coefficient (Wildman–Crippen LogP) is -0.545.